The Morgan fingerprint density at radius 1 is 1.14 bits per heavy atom. The van der Waals surface area contributed by atoms with Gasteiger partial charge in [-0.15, -0.1) is 0 Å². The highest BCUT2D eigenvalue weighted by atomic mass is 16.5. The van der Waals surface area contributed by atoms with Gasteiger partial charge in [-0.2, -0.15) is 0 Å². The van der Waals surface area contributed by atoms with Gasteiger partial charge in [0.25, 0.3) is 11.8 Å². The molecule has 5 nitrogen and oxygen atoms in total. The summed E-state index contributed by atoms with van der Waals surface area (Å²) >= 11 is 0. The molecule has 1 aliphatic rings. The fraction of sp³-hybridized carbons (Fsp3) is 0.250. The van der Waals surface area contributed by atoms with E-state index in [1.165, 1.54) is 7.05 Å². The number of aliphatic hydroxyl groups is 1. The molecular formula is C16H15NO4. The first-order valence-electron chi connectivity index (χ1n) is 6.77. The number of aliphatic hydroxyl groups excluding tert-OH is 1. The van der Waals surface area contributed by atoms with E-state index in [4.69, 9.17) is 9.84 Å². The molecule has 1 aliphatic heterocycles. The Morgan fingerprint density at radius 3 is 2.57 bits per heavy atom. The molecule has 1 heterocycles. The van der Waals surface area contributed by atoms with Crippen molar-refractivity contribution in [2.45, 2.75) is 6.42 Å². The molecule has 0 unspecified atom stereocenters. The molecule has 0 fully saturated rings. The number of rotatable bonds is 4. The van der Waals surface area contributed by atoms with Gasteiger partial charge in [0.05, 0.1) is 17.7 Å². The third-order valence-corrected chi connectivity index (χ3v) is 3.62. The Kier molecular flexibility index (Phi) is 3.35. The lowest BCUT2D eigenvalue weighted by Gasteiger charge is -2.11. The molecule has 2 aromatic rings. The van der Waals surface area contributed by atoms with Crippen molar-refractivity contribution in [3.05, 3.63) is 41.5 Å². The number of ether oxygens (including phenoxy) is 1. The minimum Gasteiger partial charge on any atom is -0.493 e. The van der Waals surface area contributed by atoms with Crippen LogP contribution in [0.15, 0.2) is 30.3 Å². The predicted molar refractivity (Wildman–Crippen MR) is 77.6 cm³/mol. The van der Waals surface area contributed by atoms with Crippen LogP contribution in [0.4, 0.5) is 0 Å². The van der Waals surface area contributed by atoms with Crippen LogP contribution in [0.1, 0.15) is 27.1 Å². The zero-order chi connectivity index (χ0) is 15.0. The molecule has 21 heavy (non-hydrogen) atoms. The Balaban J connectivity index is 2.19. The van der Waals surface area contributed by atoms with Crippen LogP contribution in [-0.4, -0.2) is 42.1 Å². The second-order valence-electron chi connectivity index (χ2n) is 4.94. The fourth-order valence-electron chi connectivity index (χ4n) is 2.55. The average molecular weight is 285 g/mol. The highest BCUT2D eigenvalue weighted by Gasteiger charge is 2.35. The summed E-state index contributed by atoms with van der Waals surface area (Å²) in [4.78, 5) is 25.5. The van der Waals surface area contributed by atoms with Gasteiger partial charge in [0, 0.05) is 25.5 Å². The van der Waals surface area contributed by atoms with Crippen LogP contribution in [0.2, 0.25) is 0 Å². The maximum atomic E-state index is 12.2. The van der Waals surface area contributed by atoms with Crippen LogP contribution < -0.4 is 4.74 Å². The lowest BCUT2D eigenvalue weighted by Crippen LogP contribution is -2.24. The van der Waals surface area contributed by atoms with E-state index in [-0.39, 0.29) is 18.4 Å². The van der Waals surface area contributed by atoms with Crippen molar-refractivity contribution in [3.63, 3.8) is 0 Å². The molecular weight excluding hydrogens is 270 g/mol. The lowest BCUT2D eigenvalue weighted by atomic mass is 9.99. The lowest BCUT2D eigenvalue weighted by molar-refractivity contribution is 0.0693. The number of carbonyl (C=O) groups is 2. The maximum Gasteiger partial charge on any atom is 0.261 e. The average Bonchev–Trinajstić information content (AvgIpc) is 2.72. The number of hydrogen-bond acceptors (Lipinski definition) is 4. The number of imide groups is 1. The molecule has 0 atom stereocenters. The minimum atomic E-state index is -0.312. The van der Waals surface area contributed by atoms with Crippen molar-refractivity contribution in [2.24, 2.45) is 0 Å². The van der Waals surface area contributed by atoms with Gasteiger partial charge in [0.2, 0.25) is 0 Å². The second kappa shape index (κ2) is 5.18. The predicted octanol–water partition coefficient (Wildman–Crippen LogP) is 1.83. The quantitative estimate of drug-likeness (QED) is 0.687. The number of carbonyl (C=O) groups excluding carboxylic acids is 2. The normalized spacial score (nSPS) is 13.9. The summed E-state index contributed by atoms with van der Waals surface area (Å²) in [6.45, 7) is 0.403. The zero-order valence-corrected chi connectivity index (χ0v) is 11.6. The number of amides is 2. The summed E-state index contributed by atoms with van der Waals surface area (Å²) in [7, 11) is 1.48. The summed E-state index contributed by atoms with van der Waals surface area (Å²) in [5.41, 5.74) is 0.813. The van der Waals surface area contributed by atoms with E-state index in [1.807, 2.05) is 24.3 Å². The first kappa shape index (κ1) is 13.6. The van der Waals surface area contributed by atoms with E-state index >= 15 is 0 Å². The molecule has 0 spiro atoms. The molecule has 0 saturated heterocycles. The van der Waals surface area contributed by atoms with Gasteiger partial charge in [-0.25, -0.2) is 0 Å². The summed E-state index contributed by atoms with van der Waals surface area (Å²) in [5, 5.41) is 10.4. The van der Waals surface area contributed by atoms with Crippen LogP contribution in [0.3, 0.4) is 0 Å². The van der Waals surface area contributed by atoms with E-state index in [0.717, 1.165) is 15.7 Å². The SMILES string of the molecule is CN1C(=O)c2cc(OCCCO)c3ccccc3c2C1=O. The van der Waals surface area contributed by atoms with Crippen LogP contribution in [0, 0.1) is 0 Å². The smallest absolute Gasteiger partial charge is 0.261 e. The first-order chi connectivity index (χ1) is 10.1. The summed E-state index contributed by atoms with van der Waals surface area (Å²) in [6.07, 6.45) is 0.512. The van der Waals surface area contributed by atoms with Crippen molar-refractivity contribution in [1.82, 2.24) is 4.90 Å². The number of benzene rings is 2. The van der Waals surface area contributed by atoms with Crippen molar-refractivity contribution >= 4 is 22.6 Å². The fourth-order valence-corrected chi connectivity index (χ4v) is 2.55. The van der Waals surface area contributed by atoms with Crippen molar-refractivity contribution in [2.75, 3.05) is 20.3 Å². The topological polar surface area (TPSA) is 66.8 Å². The Bertz CT molecular complexity index is 738. The Hall–Kier alpha value is -2.40. The Morgan fingerprint density at radius 2 is 1.86 bits per heavy atom. The molecule has 0 radical (unpaired) electrons. The van der Waals surface area contributed by atoms with E-state index in [0.29, 0.717) is 29.9 Å². The third kappa shape index (κ3) is 2.06. The van der Waals surface area contributed by atoms with Crippen LogP contribution >= 0.6 is 0 Å². The molecule has 0 aromatic heterocycles. The minimum absolute atomic E-state index is 0.0447. The van der Waals surface area contributed by atoms with Crippen LogP contribution in [-0.2, 0) is 0 Å². The summed E-state index contributed by atoms with van der Waals surface area (Å²) in [5.74, 6) is -0.0323. The zero-order valence-electron chi connectivity index (χ0n) is 11.6. The highest BCUT2D eigenvalue weighted by Crippen LogP contribution is 2.35. The molecule has 0 bridgehead atoms. The molecule has 0 saturated carbocycles. The van der Waals surface area contributed by atoms with Gasteiger partial charge in [-0.05, 0) is 11.5 Å². The monoisotopic (exact) mass is 285 g/mol. The number of hydrogen-bond donors (Lipinski definition) is 1. The highest BCUT2D eigenvalue weighted by molar-refractivity contribution is 6.27. The van der Waals surface area contributed by atoms with Gasteiger partial charge in [0.15, 0.2) is 0 Å². The molecule has 5 heteroatoms. The van der Waals surface area contributed by atoms with E-state index < -0.39 is 0 Å². The summed E-state index contributed by atoms with van der Waals surface area (Å²) in [6, 6.07) is 8.99. The van der Waals surface area contributed by atoms with Crippen molar-refractivity contribution in [3.8, 4) is 5.75 Å². The van der Waals surface area contributed by atoms with Crippen LogP contribution in [0.5, 0.6) is 5.75 Å². The van der Waals surface area contributed by atoms with Gasteiger partial charge in [-0.3, -0.25) is 14.5 Å². The van der Waals surface area contributed by atoms with E-state index in [2.05, 4.69) is 0 Å². The van der Waals surface area contributed by atoms with E-state index in [1.54, 1.807) is 6.07 Å². The van der Waals surface area contributed by atoms with E-state index in [9.17, 15) is 9.59 Å². The Labute approximate surface area is 121 Å². The molecule has 108 valence electrons. The summed E-state index contributed by atoms with van der Waals surface area (Å²) < 4.78 is 5.66. The second-order valence-corrected chi connectivity index (χ2v) is 4.94. The molecule has 1 N–H and O–H groups in total. The van der Waals surface area contributed by atoms with Gasteiger partial charge in [-0.1, -0.05) is 24.3 Å². The standard InChI is InChI=1S/C16H15NO4/c1-17-15(19)12-9-13(21-8-4-7-18)10-5-2-3-6-11(10)14(12)16(17)20/h2-3,5-6,9,18H,4,7-8H2,1H3. The first-order valence-corrected chi connectivity index (χ1v) is 6.77. The molecule has 2 aromatic carbocycles. The van der Waals surface area contributed by atoms with Gasteiger partial charge in [0.1, 0.15) is 5.75 Å². The largest absolute Gasteiger partial charge is 0.493 e. The third-order valence-electron chi connectivity index (χ3n) is 3.62. The van der Waals surface area contributed by atoms with Crippen molar-refractivity contribution < 1.29 is 19.4 Å². The number of fused-ring (bicyclic) bond motifs is 3. The molecule has 2 amide bonds. The molecule has 3 rings (SSSR count). The van der Waals surface area contributed by atoms with Crippen molar-refractivity contribution in [1.29, 1.82) is 0 Å². The maximum absolute atomic E-state index is 12.2. The number of nitrogens with zero attached hydrogens (tertiary/aromatic N) is 1. The van der Waals surface area contributed by atoms with Crippen LogP contribution in [0.25, 0.3) is 10.8 Å². The van der Waals surface area contributed by atoms with Gasteiger partial charge >= 0.3 is 0 Å². The van der Waals surface area contributed by atoms with Gasteiger partial charge < -0.3 is 9.84 Å². The molecule has 0 aliphatic carbocycles.